The van der Waals surface area contributed by atoms with Gasteiger partial charge in [-0.3, -0.25) is 4.79 Å². The number of carbonyl (C=O) groups is 1. The van der Waals surface area contributed by atoms with Crippen LogP contribution in [-0.4, -0.2) is 54.5 Å². The van der Waals surface area contributed by atoms with E-state index in [-0.39, 0.29) is 5.91 Å². The number of H-pyrrole nitrogens is 1. The van der Waals surface area contributed by atoms with Gasteiger partial charge in [0.1, 0.15) is 5.82 Å². The van der Waals surface area contributed by atoms with Gasteiger partial charge in [0.05, 0.1) is 0 Å². The number of amides is 1. The first-order valence-corrected chi connectivity index (χ1v) is 8.81. The number of anilines is 1. The number of pyridine rings is 1. The summed E-state index contributed by atoms with van der Waals surface area (Å²) >= 11 is 0. The topological polar surface area (TPSA) is 73.1 Å². The summed E-state index contributed by atoms with van der Waals surface area (Å²) in [5.74, 6) is 0.638. The van der Waals surface area contributed by atoms with E-state index in [2.05, 4.69) is 37.6 Å². The highest BCUT2D eigenvalue weighted by atomic mass is 16.1. The van der Waals surface area contributed by atoms with Crippen LogP contribution in [0.15, 0.2) is 48.8 Å². The number of nitrogens with one attached hydrogen (secondary N) is 3. The smallest absolute Gasteiger partial charge is 0.251 e. The molecule has 0 aliphatic carbocycles. The summed E-state index contributed by atoms with van der Waals surface area (Å²) in [5.41, 5.74) is 2.95. The Bertz CT molecular complexity index is 871. The minimum Gasteiger partial charge on any atom is -0.369 e. The second-order valence-corrected chi connectivity index (χ2v) is 6.53. The second kappa shape index (κ2) is 8.49. The molecule has 136 valence electrons. The molecule has 0 saturated heterocycles. The number of aromatic amines is 1. The Balaban J connectivity index is 1.53. The van der Waals surface area contributed by atoms with Crippen LogP contribution in [0.25, 0.3) is 10.9 Å². The quantitative estimate of drug-likeness (QED) is 0.583. The van der Waals surface area contributed by atoms with Gasteiger partial charge in [0.25, 0.3) is 5.91 Å². The summed E-state index contributed by atoms with van der Waals surface area (Å²) < 4.78 is 0. The number of nitrogens with zero attached hydrogens (tertiary/aromatic N) is 2. The third kappa shape index (κ3) is 4.61. The average molecular weight is 351 g/mol. The predicted octanol–water partition coefficient (Wildman–Crippen LogP) is 2.51. The molecule has 0 fully saturated rings. The first-order valence-electron chi connectivity index (χ1n) is 8.81. The molecule has 3 rings (SSSR count). The molecule has 0 radical (unpaired) electrons. The van der Waals surface area contributed by atoms with Gasteiger partial charge in [-0.05, 0) is 44.3 Å². The predicted molar refractivity (Wildman–Crippen MR) is 106 cm³/mol. The van der Waals surface area contributed by atoms with Crippen molar-refractivity contribution in [2.45, 2.75) is 6.42 Å². The van der Waals surface area contributed by atoms with Gasteiger partial charge < -0.3 is 20.5 Å². The summed E-state index contributed by atoms with van der Waals surface area (Å²) in [6.45, 7) is 2.28. The van der Waals surface area contributed by atoms with Crippen LogP contribution in [0.3, 0.4) is 0 Å². The van der Waals surface area contributed by atoms with Crippen molar-refractivity contribution in [2.75, 3.05) is 39.0 Å². The van der Waals surface area contributed by atoms with E-state index in [9.17, 15) is 4.79 Å². The Labute approximate surface area is 153 Å². The minimum atomic E-state index is -0.0806. The zero-order valence-electron chi connectivity index (χ0n) is 15.2. The third-order valence-electron chi connectivity index (χ3n) is 4.24. The standard InChI is InChI=1S/C20H25N5O/c1-25(2)12-11-22-19-13-15(7-9-21-19)20(26)23-10-8-16-14-24-18-6-4-3-5-17(16)18/h3-7,9,13-14,24H,8,10-12H2,1-2H3,(H,21,22)(H,23,26). The van der Waals surface area contributed by atoms with E-state index in [1.807, 2.05) is 32.4 Å². The summed E-state index contributed by atoms with van der Waals surface area (Å²) in [6, 6.07) is 11.7. The Morgan fingerprint density at radius 3 is 2.88 bits per heavy atom. The average Bonchev–Trinajstić information content (AvgIpc) is 3.05. The number of aromatic nitrogens is 2. The first-order chi connectivity index (χ1) is 12.6. The molecule has 0 bridgehead atoms. The Morgan fingerprint density at radius 1 is 1.19 bits per heavy atom. The lowest BCUT2D eigenvalue weighted by Gasteiger charge is -2.11. The molecule has 2 aromatic heterocycles. The molecule has 2 heterocycles. The number of benzene rings is 1. The second-order valence-electron chi connectivity index (χ2n) is 6.53. The molecule has 1 amide bonds. The molecule has 1 aromatic carbocycles. The van der Waals surface area contributed by atoms with Crippen LogP contribution in [-0.2, 0) is 6.42 Å². The molecular weight excluding hydrogens is 326 g/mol. The molecule has 26 heavy (non-hydrogen) atoms. The van der Waals surface area contributed by atoms with E-state index < -0.39 is 0 Å². The zero-order valence-corrected chi connectivity index (χ0v) is 15.2. The minimum absolute atomic E-state index is 0.0806. The summed E-state index contributed by atoms with van der Waals surface area (Å²) in [6.07, 6.45) is 4.46. The maximum absolute atomic E-state index is 12.4. The lowest BCUT2D eigenvalue weighted by molar-refractivity contribution is 0.0954. The SMILES string of the molecule is CN(C)CCNc1cc(C(=O)NCCc2c[nH]c3ccccc23)ccn1. The number of fused-ring (bicyclic) bond motifs is 1. The zero-order chi connectivity index (χ0) is 18.4. The molecule has 3 N–H and O–H groups in total. The molecule has 6 heteroatoms. The largest absolute Gasteiger partial charge is 0.369 e. The van der Waals surface area contributed by atoms with Crippen LogP contribution in [0.5, 0.6) is 0 Å². The van der Waals surface area contributed by atoms with E-state index >= 15 is 0 Å². The van der Waals surface area contributed by atoms with Crippen LogP contribution in [0.4, 0.5) is 5.82 Å². The van der Waals surface area contributed by atoms with Crippen LogP contribution in [0.1, 0.15) is 15.9 Å². The molecular formula is C20H25N5O. The van der Waals surface area contributed by atoms with Crippen molar-refractivity contribution in [2.24, 2.45) is 0 Å². The number of rotatable bonds is 8. The van der Waals surface area contributed by atoms with E-state index in [1.54, 1.807) is 18.3 Å². The van der Waals surface area contributed by atoms with Gasteiger partial charge >= 0.3 is 0 Å². The van der Waals surface area contributed by atoms with Crippen LogP contribution in [0, 0.1) is 0 Å². The summed E-state index contributed by atoms with van der Waals surface area (Å²) in [5, 5.41) is 7.43. The summed E-state index contributed by atoms with van der Waals surface area (Å²) in [4.78, 5) is 22.0. The molecule has 3 aromatic rings. The van der Waals surface area contributed by atoms with Gasteiger partial charge in [0.2, 0.25) is 0 Å². The van der Waals surface area contributed by atoms with Crippen LogP contribution < -0.4 is 10.6 Å². The monoisotopic (exact) mass is 351 g/mol. The maximum Gasteiger partial charge on any atom is 0.251 e. The van der Waals surface area contributed by atoms with Gasteiger partial charge in [-0.1, -0.05) is 18.2 Å². The normalized spacial score (nSPS) is 11.0. The molecule has 0 saturated carbocycles. The van der Waals surface area contributed by atoms with Crippen molar-refractivity contribution >= 4 is 22.6 Å². The molecule has 0 aliphatic rings. The lowest BCUT2D eigenvalue weighted by Crippen LogP contribution is -2.26. The number of carbonyl (C=O) groups excluding carboxylic acids is 1. The Kier molecular flexibility index (Phi) is 5.86. The van der Waals surface area contributed by atoms with Crippen molar-refractivity contribution in [1.82, 2.24) is 20.2 Å². The number of hydrogen-bond donors (Lipinski definition) is 3. The molecule has 6 nitrogen and oxygen atoms in total. The number of para-hydroxylation sites is 1. The fraction of sp³-hybridized carbons (Fsp3) is 0.300. The van der Waals surface area contributed by atoms with E-state index in [1.165, 1.54) is 10.9 Å². The van der Waals surface area contributed by atoms with Crippen molar-refractivity contribution in [3.8, 4) is 0 Å². The highest BCUT2D eigenvalue weighted by Crippen LogP contribution is 2.17. The molecule has 0 aliphatic heterocycles. The molecule has 0 spiro atoms. The number of hydrogen-bond acceptors (Lipinski definition) is 4. The lowest BCUT2D eigenvalue weighted by atomic mass is 10.1. The highest BCUT2D eigenvalue weighted by Gasteiger charge is 2.08. The van der Waals surface area contributed by atoms with Crippen molar-refractivity contribution in [1.29, 1.82) is 0 Å². The maximum atomic E-state index is 12.4. The Morgan fingerprint density at radius 2 is 2.04 bits per heavy atom. The highest BCUT2D eigenvalue weighted by molar-refractivity contribution is 5.94. The van der Waals surface area contributed by atoms with Crippen molar-refractivity contribution < 1.29 is 4.79 Å². The van der Waals surface area contributed by atoms with Gasteiger partial charge in [-0.15, -0.1) is 0 Å². The van der Waals surface area contributed by atoms with Gasteiger partial charge in [-0.25, -0.2) is 4.98 Å². The van der Waals surface area contributed by atoms with Crippen molar-refractivity contribution in [3.63, 3.8) is 0 Å². The molecule has 0 unspecified atom stereocenters. The van der Waals surface area contributed by atoms with Gasteiger partial charge in [-0.2, -0.15) is 0 Å². The fourth-order valence-electron chi connectivity index (χ4n) is 2.83. The van der Waals surface area contributed by atoms with Crippen LogP contribution in [0.2, 0.25) is 0 Å². The fourth-order valence-corrected chi connectivity index (χ4v) is 2.83. The Hall–Kier alpha value is -2.86. The van der Waals surface area contributed by atoms with Gasteiger partial charge in [0, 0.05) is 48.5 Å². The third-order valence-corrected chi connectivity index (χ3v) is 4.24. The van der Waals surface area contributed by atoms with Crippen LogP contribution >= 0.6 is 0 Å². The van der Waals surface area contributed by atoms with E-state index in [4.69, 9.17) is 0 Å². The number of likely N-dealkylation sites (N-methyl/N-ethyl adjacent to an activating group) is 1. The van der Waals surface area contributed by atoms with Crippen molar-refractivity contribution in [3.05, 3.63) is 59.9 Å². The van der Waals surface area contributed by atoms with E-state index in [0.717, 1.165) is 30.8 Å². The molecule has 0 atom stereocenters. The van der Waals surface area contributed by atoms with E-state index in [0.29, 0.717) is 12.1 Å². The first kappa shape index (κ1) is 17.9. The summed E-state index contributed by atoms with van der Waals surface area (Å²) in [7, 11) is 4.04. The van der Waals surface area contributed by atoms with Gasteiger partial charge in [0.15, 0.2) is 0 Å².